The van der Waals surface area contributed by atoms with Gasteiger partial charge in [0.1, 0.15) is 5.82 Å². The lowest BCUT2D eigenvalue weighted by atomic mass is 9.77. The highest BCUT2D eigenvalue weighted by Crippen LogP contribution is 2.40. The molecule has 4 rings (SSSR count). The van der Waals surface area contributed by atoms with Gasteiger partial charge < -0.3 is 4.74 Å². The second-order valence-electron chi connectivity index (χ2n) is 7.42. The number of halogens is 1. The summed E-state index contributed by atoms with van der Waals surface area (Å²) >= 11 is 0. The number of Topliss-reactive ketones (excluding diaryl/α,β-unsaturated/α-hetero) is 1. The molecular weight excluding hydrogens is 381 g/mol. The highest BCUT2D eigenvalue weighted by atomic mass is 19.1. The summed E-state index contributed by atoms with van der Waals surface area (Å²) in [6.07, 6.45) is 0.0345. The predicted molar refractivity (Wildman–Crippen MR) is 112 cm³/mol. The van der Waals surface area contributed by atoms with Crippen LogP contribution < -0.4 is 0 Å². The van der Waals surface area contributed by atoms with Crippen LogP contribution in [0, 0.1) is 5.82 Å². The van der Waals surface area contributed by atoms with Crippen LogP contribution in [-0.4, -0.2) is 23.2 Å². The smallest absolute Gasteiger partial charge is 0.341 e. The summed E-state index contributed by atoms with van der Waals surface area (Å²) in [5.41, 5.74) is 0.638. The number of carbonyl (C=O) groups is 2. The van der Waals surface area contributed by atoms with Crippen molar-refractivity contribution in [2.45, 2.75) is 24.8 Å². The quantitative estimate of drug-likeness (QED) is 0.434. The topological polar surface area (TPSA) is 55.7 Å². The summed E-state index contributed by atoms with van der Waals surface area (Å²) in [5.74, 6) is -1.39. The highest BCUT2D eigenvalue weighted by molar-refractivity contribution is 6.08. The summed E-state index contributed by atoms with van der Waals surface area (Å²) < 4.78 is 18.8. The molecule has 0 saturated heterocycles. The van der Waals surface area contributed by atoms with Crippen LogP contribution in [0.3, 0.4) is 0 Å². The number of rotatable bonds is 6. The molecule has 2 atom stereocenters. The standard InChI is InChI=1S/C25H20FNO3/c1-25(24(29)30-23(27-25)19-10-6-3-7-11-19)21(17-8-4-2-5-9-17)16-22(28)18-12-14-20(26)15-13-18/h2-15,21H,16H2,1H3/t21-,25-/m0/s1. The van der Waals surface area contributed by atoms with Gasteiger partial charge in [0, 0.05) is 23.5 Å². The minimum Gasteiger partial charge on any atom is -0.405 e. The van der Waals surface area contributed by atoms with Gasteiger partial charge in [0.25, 0.3) is 0 Å². The lowest BCUT2D eigenvalue weighted by Gasteiger charge is -2.28. The van der Waals surface area contributed by atoms with E-state index in [4.69, 9.17) is 4.74 Å². The van der Waals surface area contributed by atoms with Crippen molar-refractivity contribution >= 4 is 17.7 Å². The Hall–Kier alpha value is -3.60. The van der Waals surface area contributed by atoms with Gasteiger partial charge in [-0.3, -0.25) is 4.79 Å². The fourth-order valence-electron chi connectivity index (χ4n) is 3.66. The largest absolute Gasteiger partial charge is 0.405 e. The molecule has 5 heteroatoms. The van der Waals surface area contributed by atoms with Gasteiger partial charge in [-0.05, 0) is 48.9 Å². The number of hydrogen-bond acceptors (Lipinski definition) is 4. The number of benzene rings is 3. The second-order valence-corrected chi connectivity index (χ2v) is 7.42. The van der Waals surface area contributed by atoms with E-state index in [1.54, 1.807) is 6.92 Å². The van der Waals surface area contributed by atoms with E-state index in [0.717, 1.165) is 5.56 Å². The first-order valence-corrected chi connectivity index (χ1v) is 9.68. The van der Waals surface area contributed by atoms with Crippen molar-refractivity contribution in [1.82, 2.24) is 0 Å². The maximum absolute atomic E-state index is 13.2. The number of hydrogen-bond donors (Lipinski definition) is 0. The van der Waals surface area contributed by atoms with Crippen molar-refractivity contribution in [2.75, 3.05) is 0 Å². The van der Waals surface area contributed by atoms with Crippen molar-refractivity contribution in [3.8, 4) is 0 Å². The minimum absolute atomic E-state index is 0.0345. The molecule has 1 aliphatic heterocycles. The average Bonchev–Trinajstić information content (AvgIpc) is 3.09. The summed E-state index contributed by atoms with van der Waals surface area (Å²) in [5, 5.41) is 0. The van der Waals surface area contributed by atoms with Gasteiger partial charge in [-0.2, -0.15) is 0 Å². The van der Waals surface area contributed by atoms with Crippen LogP contribution in [0.4, 0.5) is 4.39 Å². The van der Waals surface area contributed by atoms with Crippen LogP contribution >= 0.6 is 0 Å². The van der Waals surface area contributed by atoms with Crippen molar-refractivity contribution in [3.63, 3.8) is 0 Å². The zero-order valence-electron chi connectivity index (χ0n) is 16.4. The van der Waals surface area contributed by atoms with E-state index >= 15 is 0 Å². The Kier molecular flexibility index (Phi) is 5.27. The van der Waals surface area contributed by atoms with Crippen LogP contribution in [-0.2, 0) is 9.53 Å². The first-order valence-electron chi connectivity index (χ1n) is 9.68. The van der Waals surface area contributed by atoms with Crippen LogP contribution in [0.25, 0.3) is 0 Å². The molecule has 0 saturated carbocycles. The molecular formula is C25H20FNO3. The van der Waals surface area contributed by atoms with E-state index in [9.17, 15) is 14.0 Å². The maximum Gasteiger partial charge on any atom is 0.341 e. The third-order valence-corrected chi connectivity index (χ3v) is 5.39. The normalized spacial score (nSPS) is 19.1. The van der Waals surface area contributed by atoms with Crippen LogP contribution in [0.1, 0.15) is 40.7 Å². The summed E-state index contributed by atoms with van der Waals surface area (Å²) in [7, 11) is 0. The van der Waals surface area contributed by atoms with Gasteiger partial charge in [-0.25, -0.2) is 14.2 Å². The Morgan fingerprint density at radius 1 is 0.967 bits per heavy atom. The summed E-state index contributed by atoms with van der Waals surface area (Å²) in [6.45, 7) is 1.70. The Balaban J connectivity index is 1.72. The van der Waals surface area contributed by atoms with Crippen molar-refractivity contribution < 1.29 is 18.7 Å². The Morgan fingerprint density at radius 3 is 2.20 bits per heavy atom. The van der Waals surface area contributed by atoms with E-state index < -0.39 is 23.2 Å². The van der Waals surface area contributed by atoms with E-state index in [0.29, 0.717) is 11.1 Å². The lowest BCUT2D eigenvalue weighted by molar-refractivity contribution is -0.139. The number of ketones is 1. The monoisotopic (exact) mass is 401 g/mol. The summed E-state index contributed by atoms with van der Waals surface area (Å²) in [4.78, 5) is 30.6. The van der Waals surface area contributed by atoms with Gasteiger partial charge in [0.05, 0.1) is 0 Å². The van der Waals surface area contributed by atoms with Crippen LogP contribution in [0.5, 0.6) is 0 Å². The molecule has 30 heavy (non-hydrogen) atoms. The van der Waals surface area contributed by atoms with E-state index in [1.165, 1.54) is 24.3 Å². The molecule has 1 heterocycles. The highest BCUT2D eigenvalue weighted by Gasteiger charge is 2.49. The van der Waals surface area contributed by atoms with E-state index in [-0.39, 0.29) is 18.1 Å². The Bertz CT molecular complexity index is 1090. The number of nitrogens with zero attached hydrogens (tertiary/aromatic N) is 1. The van der Waals surface area contributed by atoms with Crippen molar-refractivity contribution in [1.29, 1.82) is 0 Å². The molecule has 4 nitrogen and oxygen atoms in total. The molecule has 0 bridgehead atoms. The number of esters is 1. The number of cyclic esters (lactones) is 1. The van der Waals surface area contributed by atoms with Crippen LogP contribution in [0.15, 0.2) is 89.9 Å². The van der Waals surface area contributed by atoms with Gasteiger partial charge >= 0.3 is 5.97 Å². The third kappa shape index (κ3) is 3.79. The van der Waals surface area contributed by atoms with Crippen LogP contribution in [0.2, 0.25) is 0 Å². The number of ether oxygens (including phenoxy) is 1. The molecule has 0 aromatic heterocycles. The Labute approximate surface area is 174 Å². The summed E-state index contributed by atoms with van der Waals surface area (Å²) in [6, 6.07) is 23.9. The molecule has 0 N–H and O–H groups in total. The van der Waals surface area contributed by atoms with Crippen molar-refractivity contribution in [3.05, 3.63) is 107 Å². The van der Waals surface area contributed by atoms with Crippen molar-refractivity contribution in [2.24, 2.45) is 4.99 Å². The molecule has 0 aliphatic carbocycles. The molecule has 0 amide bonds. The van der Waals surface area contributed by atoms with Gasteiger partial charge in [-0.15, -0.1) is 0 Å². The molecule has 3 aromatic rings. The Morgan fingerprint density at radius 2 is 1.57 bits per heavy atom. The lowest BCUT2D eigenvalue weighted by Crippen LogP contribution is -2.38. The van der Waals surface area contributed by atoms with Gasteiger partial charge in [-0.1, -0.05) is 48.5 Å². The SMILES string of the molecule is C[C@@]1([C@@H](CC(=O)c2ccc(F)cc2)c2ccccc2)N=C(c2ccccc2)OC1=O. The van der Waals surface area contributed by atoms with Gasteiger partial charge in [0.2, 0.25) is 5.90 Å². The maximum atomic E-state index is 13.2. The fourth-order valence-corrected chi connectivity index (χ4v) is 3.66. The predicted octanol–water partition coefficient (Wildman–Crippen LogP) is 4.94. The molecule has 150 valence electrons. The third-order valence-electron chi connectivity index (χ3n) is 5.39. The molecule has 0 fully saturated rings. The number of aliphatic imine (C=N–C) groups is 1. The van der Waals surface area contributed by atoms with E-state index in [1.807, 2.05) is 60.7 Å². The molecule has 0 unspecified atom stereocenters. The second kappa shape index (κ2) is 8.03. The first kappa shape index (κ1) is 19.7. The number of carbonyl (C=O) groups excluding carboxylic acids is 2. The zero-order chi connectivity index (χ0) is 21.1. The molecule has 0 radical (unpaired) electrons. The minimum atomic E-state index is -1.26. The first-order chi connectivity index (χ1) is 14.5. The average molecular weight is 401 g/mol. The van der Waals surface area contributed by atoms with E-state index in [2.05, 4.69) is 4.99 Å². The molecule has 0 spiro atoms. The molecule has 3 aromatic carbocycles. The molecule has 1 aliphatic rings. The fraction of sp³-hybridized carbons (Fsp3) is 0.160. The zero-order valence-corrected chi connectivity index (χ0v) is 16.4. The van der Waals surface area contributed by atoms with Gasteiger partial charge in [0.15, 0.2) is 11.3 Å².